The molecule has 0 amide bonds. The van der Waals surface area contributed by atoms with Crippen molar-refractivity contribution in [3.05, 3.63) is 45.0 Å². The molecule has 3 atom stereocenters. The molecule has 1 spiro atoms. The van der Waals surface area contributed by atoms with Crippen LogP contribution >= 0.6 is 23.2 Å². The summed E-state index contributed by atoms with van der Waals surface area (Å²) in [5, 5.41) is -0.860. The molecule has 2 unspecified atom stereocenters. The number of alkyl halides is 1. The number of fused-ring (bicyclic) bond motifs is 4. The van der Waals surface area contributed by atoms with Crippen LogP contribution in [0.4, 0.5) is 0 Å². The highest BCUT2D eigenvalue weighted by Gasteiger charge is 2.60. The fourth-order valence-electron chi connectivity index (χ4n) is 4.82. The third kappa shape index (κ3) is 2.19. The van der Waals surface area contributed by atoms with Crippen LogP contribution < -0.4 is 5.56 Å². The van der Waals surface area contributed by atoms with Crippen LogP contribution in [-0.2, 0) is 20.8 Å². The number of ether oxygens (including phenoxy) is 2. The monoisotopic (exact) mass is 396 g/mol. The Labute approximate surface area is 160 Å². The van der Waals surface area contributed by atoms with Gasteiger partial charge in [-0.2, -0.15) is 0 Å². The van der Waals surface area contributed by atoms with Crippen LogP contribution in [-0.4, -0.2) is 52.7 Å². The summed E-state index contributed by atoms with van der Waals surface area (Å²) in [7, 11) is 0. The quantitative estimate of drug-likeness (QED) is 0.675. The van der Waals surface area contributed by atoms with E-state index < -0.39 is 11.2 Å². The van der Waals surface area contributed by atoms with Gasteiger partial charge >= 0.3 is 0 Å². The van der Waals surface area contributed by atoms with Crippen LogP contribution in [0.2, 0.25) is 0 Å². The van der Waals surface area contributed by atoms with Gasteiger partial charge in [0.25, 0.3) is 5.56 Å². The van der Waals surface area contributed by atoms with E-state index in [0.717, 1.165) is 12.1 Å². The molecule has 4 heterocycles. The first kappa shape index (κ1) is 16.8. The van der Waals surface area contributed by atoms with E-state index >= 15 is 0 Å². The lowest BCUT2D eigenvalue weighted by Crippen LogP contribution is -2.52. The van der Waals surface area contributed by atoms with Crippen LogP contribution in [0.3, 0.4) is 0 Å². The van der Waals surface area contributed by atoms with E-state index in [0.29, 0.717) is 44.5 Å². The van der Waals surface area contributed by atoms with Gasteiger partial charge in [0.05, 0.1) is 18.9 Å². The Morgan fingerprint density at radius 3 is 2.65 bits per heavy atom. The fraction of sp³-hybridized carbons (Fsp3) is 0.556. The molecule has 2 saturated heterocycles. The van der Waals surface area contributed by atoms with Crippen molar-refractivity contribution in [2.24, 2.45) is 5.92 Å². The highest BCUT2D eigenvalue weighted by atomic mass is 35.5. The Kier molecular flexibility index (Phi) is 3.77. The summed E-state index contributed by atoms with van der Waals surface area (Å²) in [6.07, 6.45) is 1.01. The first-order valence-electron chi connectivity index (χ1n) is 8.82. The Morgan fingerprint density at radius 2 is 1.88 bits per heavy atom. The first-order chi connectivity index (χ1) is 12.5. The standard InChI is InChI=1S/C18H18Cl2N2O4/c19-14-15(24)16(20)18(25-4-5-26-18)17(14)21-7-10-6-11(9-21)12-2-1-3-13(23)22(12)8-10/h1-3,10-11,16H,4-9H2/t10-,11?,16?/m0/s1. The number of halogens is 2. The predicted molar refractivity (Wildman–Crippen MR) is 95.3 cm³/mol. The summed E-state index contributed by atoms with van der Waals surface area (Å²) in [6, 6.07) is 5.41. The largest absolute Gasteiger partial charge is 0.368 e. The fourth-order valence-corrected chi connectivity index (χ4v) is 5.58. The lowest BCUT2D eigenvalue weighted by atomic mass is 9.82. The molecule has 2 fully saturated rings. The summed E-state index contributed by atoms with van der Waals surface area (Å²) in [4.78, 5) is 26.7. The zero-order chi connectivity index (χ0) is 18.1. The number of aromatic nitrogens is 1. The van der Waals surface area contributed by atoms with Crippen LogP contribution in [0.1, 0.15) is 18.0 Å². The summed E-state index contributed by atoms with van der Waals surface area (Å²) in [5.74, 6) is -1.15. The van der Waals surface area contributed by atoms with Crippen molar-refractivity contribution in [1.82, 2.24) is 9.47 Å². The summed E-state index contributed by atoms with van der Waals surface area (Å²) < 4.78 is 13.5. The van der Waals surface area contributed by atoms with E-state index in [-0.39, 0.29) is 22.3 Å². The zero-order valence-electron chi connectivity index (χ0n) is 14.0. The molecule has 8 heteroatoms. The SMILES string of the molecule is O=C1C(Cl)=C(N2CC3C[C@@H](C2)Cn2c3cccc2=O)C2(OCCO2)C1Cl. The summed E-state index contributed by atoms with van der Waals surface area (Å²) in [5.41, 5.74) is 1.63. The van der Waals surface area contributed by atoms with Gasteiger partial charge in [0.1, 0.15) is 5.03 Å². The van der Waals surface area contributed by atoms with Gasteiger partial charge in [-0.3, -0.25) is 9.59 Å². The zero-order valence-corrected chi connectivity index (χ0v) is 15.5. The number of ketones is 1. The lowest BCUT2D eigenvalue weighted by Gasteiger charge is -2.46. The second kappa shape index (κ2) is 5.83. The molecule has 5 rings (SSSR count). The van der Waals surface area contributed by atoms with Crippen LogP contribution in [0.5, 0.6) is 0 Å². The van der Waals surface area contributed by atoms with E-state index in [9.17, 15) is 9.59 Å². The van der Waals surface area contributed by atoms with Crippen molar-refractivity contribution in [3.8, 4) is 0 Å². The second-order valence-corrected chi connectivity index (χ2v) is 8.17. The average molecular weight is 397 g/mol. The number of carbonyl (C=O) groups excluding carboxylic acids is 1. The Balaban J connectivity index is 1.54. The van der Waals surface area contributed by atoms with Gasteiger partial charge in [-0.05, 0) is 18.4 Å². The molecule has 26 heavy (non-hydrogen) atoms. The van der Waals surface area contributed by atoms with Gasteiger partial charge in [-0.25, -0.2) is 0 Å². The number of rotatable bonds is 1. The number of pyridine rings is 1. The van der Waals surface area contributed by atoms with Crippen LogP contribution in [0, 0.1) is 5.92 Å². The van der Waals surface area contributed by atoms with E-state index in [2.05, 4.69) is 4.90 Å². The number of hydrogen-bond acceptors (Lipinski definition) is 5. The molecule has 0 saturated carbocycles. The molecule has 6 nitrogen and oxygen atoms in total. The average Bonchev–Trinajstić information content (AvgIpc) is 3.17. The van der Waals surface area contributed by atoms with Crippen molar-refractivity contribution in [2.75, 3.05) is 26.3 Å². The molecule has 1 aromatic heterocycles. The van der Waals surface area contributed by atoms with Crippen LogP contribution in [0.25, 0.3) is 0 Å². The van der Waals surface area contributed by atoms with Gasteiger partial charge in [0, 0.05) is 37.3 Å². The molecule has 0 radical (unpaired) electrons. The highest BCUT2D eigenvalue weighted by Crippen LogP contribution is 2.48. The Bertz CT molecular complexity index is 874. The minimum atomic E-state index is -1.28. The molecular weight excluding hydrogens is 379 g/mol. The third-order valence-electron chi connectivity index (χ3n) is 5.83. The molecular formula is C18H18Cl2N2O4. The van der Waals surface area contributed by atoms with Crippen LogP contribution in [0.15, 0.2) is 33.7 Å². The minimum absolute atomic E-state index is 0.0405. The molecule has 1 aliphatic carbocycles. The van der Waals surface area contributed by atoms with E-state index in [4.69, 9.17) is 32.7 Å². The van der Waals surface area contributed by atoms with Gasteiger partial charge in [-0.15, -0.1) is 11.6 Å². The number of hydrogen-bond donors (Lipinski definition) is 0. The lowest BCUT2D eigenvalue weighted by molar-refractivity contribution is -0.147. The summed E-state index contributed by atoms with van der Waals surface area (Å²) >= 11 is 12.8. The summed E-state index contributed by atoms with van der Waals surface area (Å²) in [6.45, 7) is 2.76. The molecule has 3 aliphatic heterocycles. The van der Waals surface area contributed by atoms with Crippen molar-refractivity contribution in [3.63, 3.8) is 0 Å². The first-order valence-corrected chi connectivity index (χ1v) is 9.64. The van der Waals surface area contributed by atoms with Crippen molar-refractivity contribution < 1.29 is 14.3 Å². The number of nitrogens with zero attached hydrogens (tertiary/aromatic N) is 2. The Hall–Kier alpha value is -1.34. The van der Waals surface area contributed by atoms with Crippen molar-refractivity contribution in [2.45, 2.75) is 30.0 Å². The number of allylic oxidation sites excluding steroid dienone is 1. The van der Waals surface area contributed by atoms with E-state index in [1.54, 1.807) is 12.1 Å². The maximum absolute atomic E-state index is 12.5. The molecule has 0 N–H and O–H groups in total. The smallest absolute Gasteiger partial charge is 0.250 e. The van der Waals surface area contributed by atoms with Crippen molar-refractivity contribution >= 4 is 29.0 Å². The highest BCUT2D eigenvalue weighted by molar-refractivity contribution is 6.50. The number of Topliss-reactive ketones (excluding diaryl/α,β-unsaturated/α-hetero) is 1. The van der Waals surface area contributed by atoms with Gasteiger partial charge in [0.15, 0.2) is 11.2 Å². The normalized spacial score (nSPS) is 32.5. The van der Waals surface area contributed by atoms with Crippen molar-refractivity contribution in [1.29, 1.82) is 0 Å². The maximum atomic E-state index is 12.5. The minimum Gasteiger partial charge on any atom is -0.368 e. The predicted octanol–water partition coefficient (Wildman–Crippen LogP) is 1.65. The van der Waals surface area contributed by atoms with Gasteiger partial charge < -0.3 is 18.9 Å². The number of likely N-dealkylation sites (tertiary alicyclic amines) is 1. The number of piperidine rings is 1. The maximum Gasteiger partial charge on any atom is 0.250 e. The van der Waals surface area contributed by atoms with Gasteiger partial charge in [0.2, 0.25) is 5.79 Å². The van der Waals surface area contributed by atoms with E-state index in [1.807, 2.05) is 10.6 Å². The third-order valence-corrected chi connectivity index (χ3v) is 6.68. The molecule has 4 aliphatic rings. The molecule has 1 aromatic rings. The molecule has 138 valence electrons. The molecule has 2 bridgehead atoms. The molecule has 0 aromatic carbocycles. The number of carbonyl (C=O) groups is 1. The van der Waals surface area contributed by atoms with E-state index in [1.165, 1.54) is 0 Å². The van der Waals surface area contributed by atoms with Gasteiger partial charge in [-0.1, -0.05) is 17.7 Å². The topological polar surface area (TPSA) is 60.8 Å². The Morgan fingerprint density at radius 1 is 1.12 bits per heavy atom. The second-order valence-electron chi connectivity index (χ2n) is 7.36.